The number of nitrogens with one attached hydrogen (secondary N) is 1. The van der Waals surface area contributed by atoms with Crippen LogP contribution in [0.5, 0.6) is 5.75 Å². The van der Waals surface area contributed by atoms with E-state index in [-0.39, 0.29) is 18.2 Å². The van der Waals surface area contributed by atoms with E-state index < -0.39 is 0 Å². The largest absolute Gasteiger partial charge is 0.497 e. The van der Waals surface area contributed by atoms with Crippen LogP contribution >= 0.6 is 0 Å². The van der Waals surface area contributed by atoms with Crippen LogP contribution in [0.25, 0.3) is 0 Å². The van der Waals surface area contributed by atoms with Gasteiger partial charge in [-0.1, -0.05) is 12.1 Å². The highest BCUT2D eigenvalue weighted by atomic mass is 16.5. The minimum atomic E-state index is -0.389. The van der Waals surface area contributed by atoms with Gasteiger partial charge in [-0.2, -0.15) is 0 Å². The zero-order valence-corrected chi connectivity index (χ0v) is 13.0. The summed E-state index contributed by atoms with van der Waals surface area (Å²) >= 11 is 0. The first-order valence-electron chi connectivity index (χ1n) is 8.05. The molecule has 2 atom stereocenters. The number of aliphatic hydroxyl groups is 1. The predicted octanol–water partition coefficient (Wildman–Crippen LogP) is 2.31. The number of benzene rings is 1. The lowest BCUT2D eigenvalue weighted by Gasteiger charge is -2.32. The van der Waals surface area contributed by atoms with Gasteiger partial charge >= 0.3 is 6.03 Å². The molecule has 2 N–H and O–H groups in total. The number of methoxy groups -OCH3 is 1. The number of likely N-dealkylation sites (tertiary alicyclic amines) is 1. The number of hydrogen-bond acceptors (Lipinski definition) is 3. The second-order valence-corrected chi connectivity index (χ2v) is 6.28. The Hall–Kier alpha value is -1.75. The Balaban J connectivity index is 1.67. The number of amides is 2. The quantitative estimate of drug-likeness (QED) is 0.897. The Morgan fingerprint density at radius 1 is 1.32 bits per heavy atom. The number of nitrogens with zero attached hydrogens (tertiary/aromatic N) is 1. The van der Waals surface area contributed by atoms with Crippen molar-refractivity contribution >= 4 is 6.03 Å². The summed E-state index contributed by atoms with van der Waals surface area (Å²) in [7, 11) is 1.65. The summed E-state index contributed by atoms with van der Waals surface area (Å²) in [6.07, 6.45) is 3.57. The number of β-amino-alcohol motifs (C(OH)–C–C–N with tert-alkyl or cyclic N) is 1. The summed E-state index contributed by atoms with van der Waals surface area (Å²) in [5.74, 6) is 1.34. The molecule has 1 heterocycles. The van der Waals surface area contributed by atoms with Crippen molar-refractivity contribution in [3.63, 3.8) is 0 Å². The molecule has 1 aromatic carbocycles. The summed E-state index contributed by atoms with van der Waals surface area (Å²) in [5, 5.41) is 12.9. The summed E-state index contributed by atoms with van der Waals surface area (Å²) in [4.78, 5) is 14.2. The lowest BCUT2D eigenvalue weighted by atomic mass is 10.0. The molecule has 1 saturated carbocycles. The Bertz CT molecular complexity index is 513. The van der Waals surface area contributed by atoms with Gasteiger partial charge in [-0.3, -0.25) is 0 Å². The van der Waals surface area contributed by atoms with Crippen molar-refractivity contribution in [1.82, 2.24) is 10.2 Å². The van der Waals surface area contributed by atoms with Gasteiger partial charge in [0.2, 0.25) is 0 Å². The van der Waals surface area contributed by atoms with E-state index in [1.807, 2.05) is 24.3 Å². The van der Waals surface area contributed by atoms with E-state index in [0.29, 0.717) is 12.5 Å². The summed E-state index contributed by atoms with van der Waals surface area (Å²) < 4.78 is 5.19. The smallest absolute Gasteiger partial charge is 0.317 e. The first kappa shape index (κ1) is 15.2. The Labute approximate surface area is 131 Å². The van der Waals surface area contributed by atoms with Crippen LogP contribution in [0.15, 0.2) is 24.3 Å². The van der Waals surface area contributed by atoms with Gasteiger partial charge in [0.25, 0.3) is 0 Å². The SMILES string of the molecule is COc1ccc(C(NC(=O)N2CCCC(O)C2)C2CC2)cc1. The third-order valence-electron chi connectivity index (χ3n) is 4.53. The fourth-order valence-corrected chi connectivity index (χ4v) is 3.08. The van der Waals surface area contributed by atoms with E-state index in [2.05, 4.69) is 5.32 Å². The molecule has 2 unspecified atom stereocenters. The van der Waals surface area contributed by atoms with E-state index in [4.69, 9.17) is 4.74 Å². The van der Waals surface area contributed by atoms with Crippen LogP contribution < -0.4 is 10.1 Å². The summed E-state index contributed by atoms with van der Waals surface area (Å²) in [6, 6.07) is 7.90. The average molecular weight is 304 g/mol. The zero-order chi connectivity index (χ0) is 15.5. The van der Waals surface area contributed by atoms with Gasteiger partial charge in [0.05, 0.1) is 19.3 Å². The second kappa shape index (κ2) is 6.57. The van der Waals surface area contributed by atoms with Crippen molar-refractivity contribution in [2.75, 3.05) is 20.2 Å². The van der Waals surface area contributed by atoms with Gasteiger partial charge < -0.3 is 20.1 Å². The molecule has 0 spiro atoms. The van der Waals surface area contributed by atoms with Gasteiger partial charge in [0, 0.05) is 13.1 Å². The van der Waals surface area contributed by atoms with Gasteiger partial charge in [0.15, 0.2) is 0 Å². The maximum absolute atomic E-state index is 12.5. The van der Waals surface area contributed by atoms with Crippen molar-refractivity contribution in [2.24, 2.45) is 5.92 Å². The zero-order valence-electron chi connectivity index (χ0n) is 13.0. The lowest BCUT2D eigenvalue weighted by Crippen LogP contribution is -2.48. The highest BCUT2D eigenvalue weighted by molar-refractivity contribution is 5.75. The molecule has 3 rings (SSSR count). The molecule has 0 radical (unpaired) electrons. The molecule has 1 aliphatic carbocycles. The predicted molar refractivity (Wildman–Crippen MR) is 83.8 cm³/mol. The number of carbonyl (C=O) groups excluding carboxylic acids is 1. The minimum Gasteiger partial charge on any atom is -0.497 e. The number of hydrogen-bond donors (Lipinski definition) is 2. The van der Waals surface area contributed by atoms with Gasteiger partial charge in [-0.25, -0.2) is 4.79 Å². The maximum atomic E-state index is 12.5. The average Bonchev–Trinajstić information content (AvgIpc) is 3.37. The molecule has 1 aromatic rings. The molecule has 5 nitrogen and oxygen atoms in total. The van der Waals surface area contributed by atoms with Crippen LogP contribution in [-0.4, -0.2) is 42.3 Å². The van der Waals surface area contributed by atoms with Crippen LogP contribution in [0.2, 0.25) is 0 Å². The van der Waals surface area contributed by atoms with E-state index in [1.165, 1.54) is 0 Å². The summed E-state index contributed by atoms with van der Waals surface area (Å²) in [6.45, 7) is 1.16. The molecule has 1 saturated heterocycles. The first-order valence-corrected chi connectivity index (χ1v) is 8.05. The number of aliphatic hydroxyl groups excluding tert-OH is 1. The fourth-order valence-electron chi connectivity index (χ4n) is 3.08. The van der Waals surface area contributed by atoms with Gasteiger partial charge in [-0.15, -0.1) is 0 Å². The first-order chi connectivity index (χ1) is 10.7. The Kier molecular flexibility index (Phi) is 4.52. The molecule has 2 fully saturated rings. The molecule has 0 bridgehead atoms. The Morgan fingerprint density at radius 3 is 2.64 bits per heavy atom. The molecule has 22 heavy (non-hydrogen) atoms. The molecule has 2 aliphatic rings. The number of rotatable bonds is 4. The normalized spacial score (nSPS) is 23.0. The van der Waals surface area contributed by atoms with E-state index in [0.717, 1.165) is 43.5 Å². The summed E-state index contributed by atoms with van der Waals surface area (Å²) in [5.41, 5.74) is 1.12. The third-order valence-corrected chi connectivity index (χ3v) is 4.53. The highest BCUT2D eigenvalue weighted by Crippen LogP contribution is 2.41. The third kappa shape index (κ3) is 3.53. The molecule has 120 valence electrons. The van der Waals surface area contributed by atoms with Crippen LogP contribution in [0.3, 0.4) is 0 Å². The highest BCUT2D eigenvalue weighted by Gasteiger charge is 2.34. The molecule has 5 heteroatoms. The minimum absolute atomic E-state index is 0.0532. The molecular weight excluding hydrogens is 280 g/mol. The van der Waals surface area contributed by atoms with Gasteiger partial charge in [-0.05, 0) is 49.3 Å². The van der Waals surface area contributed by atoms with E-state index in [9.17, 15) is 9.90 Å². The van der Waals surface area contributed by atoms with Crippen molar-refractivity contribution < 1.29 is 14.6 Å². The fraction of sp³-hybridized carbons (Fsp3) is 0.588. The maximum Gasteiger partial charge on any atom is 0.317 e. The topological polar surface area (TPSA) is 61.8 Å². The van der Waals surface area contributed by atoms with E-state index in [1.54, 1.807) is 12.0 Å². The lowest BCUT2D eigenvalue weighted by molar-refractivity contribution is 0.0830. The number of urea groups is 1. The Morgan fingerprint density at radius 2 is 2.05 bits per heavy atom. The molecule has 1 aliphatic heterocycles. The van der Waals surface area contributed by atoms with Crippen LogP contribution in [0.4, 0.5) is 4.79 Å². The van der Waals surface area contributed by atoms with Crippen LogP contribution in [0.1, 0.15) is 37.3 Å². The number of ether oxygens (including phenoxy) is 1. The number of carbonyl (C=O) groups is 1. The van der Waals surface area contributed by atoms with Gasteiger partial charge in [0.1, 0.15) is 5.75 Å². The van der Waals surface area contributed by atoms with Crippen molar-refractivity contribution in [3.05, 3.63) is 29.8 Å². The molecule has 2 amide bonds. The molecule has 0 aromatic heterocycles. The molecular formula is C17H24N2O3. The monoisotopic (exact) mass is 304 g/mol. The van der Waals surface area contributed by atoms with Crippen molar-refractivity contribution in [2.45, 2.75) is 37.8 Å². The number of piperidine rings is 1. The van der Waals surface area contributed by atoms with Crippen molar-refractivity contribution in [3.8, 4) is 5.75 Å². The van der Waals surface area contributed by atoms with Crippen molar-refractivity contribution in [1.29, 1.82) is 0 Å². The second-order valence-electron chi connectivity index (χ2n) is 6.28. The van der Waals surface area contributed by atoms with Crippen LogP contribution in [-0.2, 0) is 0 Å². The standard InChI is InChI=1S/C17H24N2O3/c1-22-15-8-6-13(7-9-15)16(12-4-5-12)18-17(21)19-10-2-3-14(20)11-19/h6-9,12,14,16,20H,2-5,10-11H2,1H3,(H,18,21). The van der Waals surface area contributed by atoms with Crippen LogP contribution in [0, 0.1) is 5.92 Å². The van der Waals surface area contributed by atoms with E-state index >= 15 is 0 Å².